The van der Waals surface area contributed by atoms with E-state index in [-0.39, 0.29) is 19.1 Å². The maximum atomic E-state index is 12.7. The van der Waals surface area contributed by atoms with Crippen molar-refractivity contribution < 1.29 is 32.3 Å². The number of thiocarbonyl (C=S) groups is 1. The number of benzene rings is 2. The molecule has 31 heavy (non-hydrogen) atoms. The van der Waals surface area contributed by atoms with Gasteiger partial charge in [0.15, 0.2) is 6.61 Å². The molecule has 0 aromatic heterocycles. The quantitative estimate of drug-likeness (QED) is 0.542. The summed E-state index contributed by atoms with van der Waals surface area (Å²) in [6, 6.07) is 9.44. The Balaban J connectivity index is 1.54. The lowest BCUT2D eigenvalue weighted by Gasteiger charge is -2.28. The van der Waals surface area contributed by atoms with Crippen molar-refractivity contribution in [3.8, 4) is 5.75 Å². The summed E-state index contributed by atoms with van der Waals surface area (Å²) in [5.41, 5.74) is 0.626. The fourth-order valence-electron chi connectivity index (χ4n) is 2.88. The highest BCUT2D eigenvalue weighted by Gasteiger charge is 2.30. The number of anilines is 1. The first kappa shape index (κ1) is 21.3. The third-order valence-corrected chi connectivity index (χ3v) is 5.52. The number of fused-ring (bicyclic) bond motifs is 1. The van der Waals surface area contributed by atoms with Gasteiger partial charge in [0.1, 0.15) is 22.4 Å². The van der Waals surface area contributed by atoms with Gasteiger partial charge in [0.25, 0.3) is 11.8 Å². The molecule has 0 saturated carbocycles. The van der Waals surface area contributed by atoms with Crippen LogP contribution < -0.4 is 15.1 Å². The predicted molar refractivity (Wildman–Crippen MR) is 112 cm³/mol. The maximum Gasteiger partial charge on any atom is 0.416 e. The zero-order chi connectivity index (χ0) is 22.2. The van der Waals surface area contributed by atoms with Crippen molar-refractivity contribution in [1.82, 2.24) is 5.32 Å². The van der Waals surface area contributed by atoms with Crippen molar-refractivity contribution in [2.75, 3.05) is 11.7 Å². The number of alkyl halides is 3. The van der Waals surface area contributed by atoms with Gasteiger partial charge >= 0.3 is 6.18 Å². The van der Waals surface area contributed by atoms with E-state index in [9.17, 15) is 22.8 Å². The van der Waals surface area contributed by atoms with Crippen LogP contribution in [-0.4, -0.2) is 22.7 Å². The molecule has 0 bridgehead atoms. The van der Waals surface area contributed by atoms with E-state index in [1.165, 1.54) is 12.1 Å². The van der Waals surface area contributed by atoms with Gasteiger partial charge < -0.3 is 10.1 Å². The van der Waals surface area contributed by atoms with Gasteiger partial charge in [-0.2, -0.15) is 18.2 Å². The first-order valence-electron chi connectivity index (χ1n) is 8.84. The average Bonchev–Trinajstić information content (AvgIpc) is 3.03. The molecule has 1 fully saturated rings. The summed E-state index contributed by atoms with van der Waals surface area (Å²) in [4.78, 5) is 30.2. The van der Waals surface area contributed by atoms with Gasteiger partial charge in [-0.1, -0.05) is 42.2 Å². The standard InChI is InChI=1S/C20H13F3N2O4S2/c21-20(22,23)13-4-1-11(2-5-13)9-29-25-14-7-12(3-6-15(14)28-10-17(25)26)8-16-18(27)24-19(30)31-16/h1-8H,9-10H2,(H,24,27,30)/b16-8+. The van der Waals surface area contributed by atoms with Crippen LogP contribution in [0.1, 0.15) is 16.7 Å². The molecule has 0 radical (unpaired) electrons. The van der Waals surface area contributed by atoms with Crippen LogP contribution in [0.2, 0.25) is 0 Å². The second-order valence-electron chi connectivity index (χ2n) is 6.52. The number of carbonyl (C=O) groups excluding carboxylic acids is 2. The number of ether oxygens (including phenoxy) is 1. The molecule has 2 amide bonds. The lowest BCUT2D eigenvalue weighted by atomic mass is 10.1. The Morgan fingerprint density at radius 1 is 1.19 bits per heavy atom. The second kappa shape index (κ2) is 8.33. The van der Waals surface area contributed by atoms with E-state index in [0.717, 1.165) is 29.0 Å². The molecule has 0 unspecified atom stereocenters. The minimum absolute atomic E-state index is 0.124. The summed E-state index contributed by atoms with van der Waals surface area (Å²) in [5.74, 6) is -0.387. The van der Waals surface area contributed by atoms with Crippen molar-refractivity contribution in [3.05, 3.63) is 64.1 Å². The van der Waals surface area contributed by atoms with Crippen LogP contribution in [0.3, 0.4) is 0 Å². The van der Waals surface area contributed by atoms with Crippen LogP contribution in [0.25, 0.3) is 6.08 Å². The number of thioether (sulfide) groups is 1. The molecular formula is C20H13F3N2O4S2. The van der Waals surface area contributed by atoms with Crippen LogP contribution in [-0.2, 0) is 27.2 Å². The molecule has 1 N–H and O–H groups in total. The van der Waals surface area contributed by atoms with E-state index < -0.39 is 17.6 Å². The van der Waals surface area contributed by atoms with Crippen molar-refractivity contribution in [2.24, 2.45) is 0 Å². The molecular weight excluding hydrogens is 453 g/mol. The van der Waals surface area contributed by atoms with Crippen molar-refractivity contribution in [2.45, 2.75) is 12.8 Å². The summed E-state index contributed by atoms with van der Waals surface area (Å²) in [6.07, 6.45) is -2.81. The van der Waals surface area contributed by atoms with E-state index >= 15 is 0 Å². The topological polar surface area (TPSA) is 67.9 Å². The van der Waals surface area contributed by atoms with E-state index in [0.29, 0.717) is 31.8 Å². The van der Waals surface area contributed by atoms with Crippen LogP contribution in [0.5, 0.6) is 5.75 Å². The third-order valence-electron chi connectivity index (χ3n) is 4.36. The second-order valence-corrected chi connectivity index (χ2v) is 8.24. The Morgan fingerprint density at radius 2 is 1.94 bits per heavy atom. The van der Waals surface area contributed by atoms with E-state index in [1.807, 2.05) is 0 Å². The van der Waals surface area contributed by atoms with Crippen molar-refractivity contribution in [1.29, 1.82) is 0 Å². The number of nitrogens with one attached hydrogen (secondary N) is 1. The van der Waals surface area contributed by atoms with E-state index in [4.69, 9.17) is 21.8 Å². The molecule has 2 aromatic carbocycles. The summed E-state index contributed by atoms with van der Waals surface area (Å²) in [7, 11) is 0. The van der Waals surface area contributed by atoms with Gasteiger partial charge in [0.2, 0.25) is 0 Å². The van der Waals surface area contributed by atoms with E-state index in [2.05, 4.69) is 5.32 Å². The third kappa shape index (κ3) is 4.73. The fourth-order valence-corrected chi connectivity index (χ4v) is 3.92. The molecule has 2 aliphatic heterocycles. The highest BCUT2D eigenvalue weighted by Crippen LogP contribution is 2.35. The number of rotatable bonds is 4. The normalized spacial score (nSPS) is 17.6. The van der Waals surface area contributed by atoms with Crippen molar-refractivity contribution >= 4 is 51.9 Å². The highest BCUT2D eigenvalue weighted by molar-refractivity contribution is 8.26. The maximum absolute atomic E-state index is 12.7. The minimum Gasteiger partial charge on any atom is -0.481 e. The molecule has 11 heteroatoms. The molecule has 2 aliphatic rings. The molecule has 0 aliphatic carbocycles. The smallest absolute Gasteiger partial charge is 0.416 e. The van der Waals surface area contributed by atoms with Gasteiger partial charge in [-0.15, -0.1) is 0 Å². The summed E-state index contributed by atoms with van der Waals surface area (Å²) >= 11 is 6.09. The Kier molecular flexibility index (Phi) is 5.73. The fraction of sp³-hybridized carbons (Fsp3) is 0.150. The van der Waals surface area contributed by atoms with Crippen LogP contribution in [0.4, 0.5) is 18.9 Å². The Morgan fingerprint density at radius 3 is 2.58 bits per heavy atom. The Labute approximate surface area is 183 Å². The molecule has 4 rings (SSSR count). The lowest BCUT2D eigenvalue weighted by molar-refractivity contribution is -0.137. The summed E-state index contributed by atoms with van der Waals surface area (Å²) in [6.45, 7) is -0.367. The SMILES string of the molecule is O=C1NC(=S)S/C1=C/c1ccc2c(c1)N(OCc1ccc(C(F)(F)F)cc1)C(=O)CO2. The predicted octanol–water partition coefficient (Wildman–Crippen LogP) is 4.05. The van der Waals surface area contributed by atoms with Crippen LogP contribution >= 0.6 is 24.0 Å². The first-order valence-corrected chi connectivity index (χ1v) is 10.1. The Hall–Kier alpha value is -2.89. The molecule has 2 heterocycles. The van der Waals surface area contributed by atoms with Gasteiger partial charge in [0.05, 0.1) is 10.5 Å². The zero-order valence-electron chi connectivity index (χ0n) is 15.6. The van der Waals surface area contributed by atoms with E-state index in [1.54, 1.807) is 24.3 Å². The highest BCUT2D eigenvalue weighted by atomic mass is 32.2. The molecule has 6 nitrogen and oxygen atoms in total. The Bertz CT molecular complexity index is 1100. The monoisotopic (exact) mass is 466 g/mol. The number of hydrogen-bond acceptors (Lipinski definition) is 6. The molecule has 160 valence electrons. The molecule has 0 spiro atoms. The van der Waals surface area contributed by atoms with Crippen LogP contribution in [0, 0.1) is 0 Å². The number of amides is 2. The minimum atomic E-state index is -4.43. The van der Waals surface area contributed by atoms with Gasteiger partial charge in [0, 0.05) is 0 Å². The van der Waals surface area contributed by atoms with Crippen LogP contribution in [0.15, 0.2) is 47.4 Å². The number of nitrogens with zero attached hydrogens (tertiary/aromatic N) is 1. The number of halogens is 3. The number of hydroxylamine groups is 1. The molecule has 1 saturated heterocycles. The molecule has 0 atom stereocenters. The summed E-state index contributed by atoms with van der Waals surface area (Å²) < 4.78 is 43.9. The summed E-state index contributed by atoms with van der Waals surface area (Å²) in [5, 5.41) is 3.57. The first-order chi connectivity index (χ1) is 14.7. The van der Waals surface area contributed by atoms with Gasteiger partial charge in [-0.3, -0.25) is 14.4 Å². The molecule has 2 aromatic rings. The number of carbonyl (C=O) groups is 2. The van der Waals surface area contributed by atoms with Gasteiger partial charge in [-0.25, -0.2) is 0 Å². The zero-order valence-corrected chi connectivity index (χ0v) is 17.2. The number of hydrogen-bond donors (Lipinski definition) is 1. The largest absolute Gasteiger partial charge is 0.481 e. The van der Waals surface area contributed by atoms with Crippen molar-refractivity contribution in [3.63, 3.8) is 0 Å². The average molecular weight is 466 g/mol. The van der Waals surface area contributed by atoms with Gasteiger partial charge in [-0.05, 0) is 41.5 Å². The lowest BCUT2D eigenvalue weighted by Crippen LogP contribution is -2.38.